The molecule has 0 bridgehead atoms. The maximum atomic E-state index is 11.0. The third kappa shape index (κ3) is 1.21. The molecule has 1 aromatic rings. The van der Waals surface area contributed by atoms with Crippen molar-refractivity contribution in [1.29, 1.82) is 0 Å². The normalized spacial score (nSPS) is 10.0. The van der Waals surface area contributed by atoms with E-state index in [-0.39, 0.29) is 0 Å². The van der Waals surface area contributed by atoms with Gasteiger partial charge in [0.25, 0.3) is 0 Å². The van der Waals surface area contributed by atoms with Crippen LogP contribution in [-0.4, -0.2) is 14.3 Å². The van der Waals surface area contributed by atoms with Crippen LogP contribution in [0.25, 0.3) is 0 Å². The van der Waals surface area contributed by atoms with Crippen molar-refractivity contribution in [1.82, 2.24) is 14.3 Å². The van der Waals surface area contributed by atoms with Crippen LogP contribution in [0, 0.1) is 0 Å². The molecule has 5 heteroatoms. The molecule has 5 nitrogen and oxygen atoms in total. The van der Waals surface area contributed by atoms with Crippen molar-refractivity contribution in [3.05, 3.63) is 27.0 Å². The molecule has 0 aliphatic rings. The van der Waals surface area contributed by atoms with E-state index in [9.17, 15) is 9.59 Å². The third-order valence-corrected chi connectivity index (χ3v) is 1.44. The Morgan fingerprint density at radius 3 is 2.64 bits per heavy atom. The van der Waals surface area contributed by atoms with Gasteiger partial charge < -0.3 is 0 Å². The number of hydrogen-bond donors (Lipinski definition) is 0. The summed E-state index contributed by atoms with van der Waals surface area (Å²) in [5.74, 6) is 0. The summed E-state index contributed by atoms with van der Waals surface area (Å²) in [6.07, 6.45) is 1.35. The highest BCUT2D eigenvalue weighted by Gasteiger charge is 1.99. The Hall–Kier alpha value is -1.39. The SMILES string of the molecule is CCn1cnn(C)c(=O)c1=O. The van der Waals surface area contributed by atoms with Crippen molar-refractivity contribution < 1.29 is 0 Å². The van der Waals surface area contributed by atoms with E-state index in [1.807, 2.05) is 0 Å². The van der Waals surface area contributed by atoms with E-state index in [2.05, 4.69) is 5.10 Å². The van der Waals surface area contributed by atoms with E-state index in [0.717, 1.165) is 4.68 Å². The minimum Gasteiger partial charge on any atom is -0.293 e. The summed E-state index contributed by atoms with van der Waals surface area (Å²) in [5.41, 5.74) is -1.11. The van der Waals surface area contributed by atoms with Gasteiger partial charge in [-0.05, 0) is 6.92 Å². The Morgan fingerprint density at radius 1 is 1.45 bits per heavy atom. The number of aryl methyl sites for hydroxylation is 2. The summed E-state index contributed by atoms with van der Waals surface area (Å²) >= 11 is 0. The first kappa shape index (κ1) is 7.71. The van der Waals surface area contributed by atoms with Crippen molar-refractivity contribution in [2.75, 3.05) is 0 Å². The lowest BCUT2D eigenvalue weighted by molar-refractivity contribution is 0.595. The van der Waals surface area contributed by atoms with E-state index >= 15 is 0 Å². The van der Waals surface area contributed by atoms with Crippen LogP contribution < -0.4 is 11.1 Å². The standard InChI is InChI=1S/C6H9N3O2/c1-3-9-4-7-8(2)5(10)6(9)11/h4H,3H2,1-2H3. The van der Waals surface area contributed by atoms with Gasteiger partial charge in [-0.25, -0.2) is 4.68 Å². The van der Waals surface area contributed by atoms with Crippen LogP contribution in [-0.2, 0) is 13.6 Å². The Morgan fingerprint density at radius 2 is 2.09 bits per heavy atom. The highest BCUT2D eigenvalue weighted by atomic mass is 16.2. The molecule has 1 heterocycles. The van der Waals surface area contributed by atoms with Gasteiger partial charge in [-0.2, -0.15) is 5.10 Å². The predicted octanol–water partition coefficient (Wildman–Crippen LogP) is -1.04. The molecule has 1 aromatic heterocycles. The fraction of sp³-hybridized carbons (Fsp3) is 0.500. The topological polar surface area (TPSA) is 56.9 Å². The summed E-state index contributed by atoms with van der Waals surface area (Å²) in [6, 6.07) is 0. The minimum atomic E-state index is -0.589. The zero-order chi connectivity index (χ0) is 8.43. The molecule has 0 unspecified atom stereocenters. The molecule has 11 heavy (non-hydrogen) atoms. The fourth-order valence-electron chi connectivity index (χ4n) is 0.731. The summed E-state index contributed by atoms with van der Waals surface area (Å²) in [6.45, 7) is 2.25. The Kier molecular flexibility index (Phi) is 1.89. The lowest BCUT2D eigenvalue weighted by atomic mass is 10.6. The monoisotopic (exact) mass is 155 g/mol. The van der Waals surface area contributed by atoms with Crippen LogP contribution in [0.5, 0.6) is 0 Å². The Bertz CT molecular complexity index is 363. The quantitative estimate of drug-likeness (QED) is 0.487. The third-order valence-electron chi connectivity index (χ3n) is 1.44. The smallest absolute Gasteiger partial charge is 0.293 e. The largest absolute Gasteiger partial charge is 0.332 e. The second-order valence-corrected chi connectivity index (χ2v) is 2.15. The highest BCUT2D eigenvalue weighted by molar-refractivity contribution is 4.75. The van der Waals surface area contributed by atoms with Crippen molar-refractivity contribution >= 4 is 0 Å². The van der Waals surface area contributed by atoms with Crippen LogP contribution in [0.2, 0.25) is 0 Å². The van der Waals surface area contributed by atoms with Crippen LogP contribution in [0.3, 0.4) is 0 Å². The lowest BCUT2D eigenvalue weighted by Crippen LogP contribution is -2.40. The second-order valence-electron chi connectivity index (χ2n) is 2.15. The van der Waals surface area contributed by atoms with Crippen LogP contribution in [0.4, 0.5) is 0 Å². The second kappa shape index (κ2) is 2.69. The molecule has 0 amide bonds. The molecular formula is C6H9N3O2. The minimum absolute atomic E-state index is 0.474. The van der Waals surface area contributed by atoms with E-state index in [0.29, 0.717) is 6.54 Å². The van der Waals surface area contributed by atoms with Gasteiger partial charge in [0.2, 0.25) is 0 Å². The highest BCUT2D eigenvalue weighted by Crippen LogP contribution is 1.70. The van der Waals surface area contributed by atoms with Crippen molar-refractivity contribution in [2.45, 2.75) is 13.5 Å². The van der Waals surface area contributed by atoms with E-state index in [1.54, 1.807) is 6.92 Å². The van der Waals surface area contributed by atoms with Crippen molar-refractivity contribution in [3.8, 4) is 0 Å². The van der Waals surface area contributed by atoms with Crippen molar-refractivity contribution in [3.63, 3.8) is 0 Å². The van der Waals surface area contributed by atoms with Gasteiger partial charge in [0.05, 0.1) is 0 Å². The van der Waals surface area contributed by atoms with Gasteiger partial charge in [0.15, 0.2) is 0 Å². The van der Waals surface area contributed by atoms with E-state index in [1.165, 1.54) is 17.9 Å². The fourth-order valence-corrected chi connectivity index (χ4v) is 0.731. The molecule has 1 rings (SSSR count). The van der Waals surface area contributed by atoms with E-state index < -0.39 is 11.1 Å². The summed E-state index contributed by atoms with van der Waals surface area (Å²) in [4.78, 5) is 21.9. The molecule has 0 N–H and O–H groups in total. The molecule has 0 saturated carbocycles. The Balaban J connectivity index is 3.51. The van der Waals surface area contributed by atoms with Gasteiger partial charge >= 0.3 is 11.1 Å². The van der Waals surface area contributed by atoms with Gasteiger partial charge in [-0.3, -0.25) is 14.2 Å². The maximum Gasteiger partial charge on any atom is 0.332 e. The van der Waals surface area contributed by atoms with Crippen LogP contribution >= 0.6 is 0 Å². The molecule has 0 aliphatic carbocycles. The van der Waals surface area contributed by atoms with E-state index in [4.69, 9.17) is 0 Å². The van der Waals surface area contributed by atoms with Crippen LogP contribution in [0.1, 0.15) is 6.92 Å². The van der Waals surface area contributed by atoms with Crippen molar-refractivity contribution in [2.24, 2.45) is 7.05 Å². The average Bonchev–Trinajstić information content (AvgIpc) is 2.01. The van der Waals surface area contributed by atoms with Gasteiger partial charge in [-0.1, -0.05) is 0 Å². The first-order valence-corrected chi connectivity index (χ1v) is 3.29. The molecule has 0 aromatic carbocycles. The lowest BCUT2D eigenvalue weighted by Gasteiger charge is -1.99. The zero-order valence-electron chi connectivity index (χ0n) is 6.44. The van der Waals surface area contributed by atoms with Gasteiger partial charge in [-0.15, -0.1) is 0 Å². The molecule has 60 valence electrons. The molecule has 0 fully saturated rings. The average molecular weight is 155 g/mol. The van der Waals surface area contributed by atoms with Gasteiger partial charge in [0.1, 0.15) is 6.33 Å². The number of nitrogens with zero attached hydrogens (tertiary/aromatic N) is 3. The first-order chi connectivity index (χ1) is 5.16. The molecule has 0 spiro atoms. The summed E-state index contributed by atoms with van der Waals surface area (Å²) < 4.78 is 2.29. The molecule has 0 aliphatic heterocycles. The molecular weight excluding hydrogens is 146 g/mol. The number of hydrogen-bond acceptors (Lipinski definition) is 3. The van der Waals surface area contributed by atoms with Gasteiger partial charge in [0, 0.05) is 13.6 Å². The predicted molar refractivity (Wildman–Crippen MR) is 39.4 cm³/mol. The number of aromatic nitrogens is 3. The zero-order valence-corrected chi connectivity index (χ0v) is 6.44. The summed E-state index contributed by atoms with van der Waals surface area (Å²) in [5, 5.41) is 3.68. The first-order valence-electron chi connectivity index (χ1n) is 3.29. The molecule has 0 atom stereocenters. The number of rotatable bonds is 1. The molecule has 0 saturated heterocycles. The Labute approximate surface area is 62.9 Å². The summed E-state index contributed by atoms with van der Waals surface area (Å²) in [7, 11) is 1.45. The molecule has 0 radical (unpaired) electrons. The van der Waals surface area contributed by atoms with Crippen LogP contribution in [0.15, 0.2) is 15.9 Å². The maximum absolute atomic E-state index is 11.0.